The van der Waals surface area contributed by atoms with Crippen molar-refractivity contribution >= 4 is 39.1 Å². The Bertz CT molecular complexity index is 982. The van der Waals surface area contributed by atoms with Gasteiger partial charge in [0.15, 0.2) is 5.76 Å². The Morgan fingerprint density at radius 1 is 1.08 bits per heavy atom. The molecule has 1 N–H and O–H groups in total. The van der Waals surface area contributed by atoms with Gasteiger partial charge in [-0.3, -0.25) is 9.59 Å². The minimum absolute atomic E-state index is 0.153. The summed E-state index contributed by atoms with van der Waals surface area (Å²) in [5.41, 5.74) is 3.17. The molecule has 2 heterocycles. The number of fused-ring (bicyclic) bond motifs is 1. The fourth-order valence-electron chi connectivity index (χ4n) is 3.06. The second kappa shape index (κ2) is 6.80. The molecule has 0 bridgehead atoms. The number of halogens is 1. The average molecular weight is 411 g/mol. The van der Waals surface area contributed by atoms with Gasteiger partial charge in [0.25, 0.3) is 11.8 Å². The molecule has 4 rings (SSSR count). The summed E-state index contributed by atoms with van der Waals surface area (Å²) in [7, 11) is 0. The van der Waals surface area contributed by atoms with Gasteiger partial charge in [0, 0.05) is 28.0 Å². The van der Waals surface area contributed by atoms with Crippen molar-refractivity contribution < 1.29 is 14.0 Å². The fraction of sp³-hybridized carbons (Fsp3) is 0.100. The van der Waals surface area contributed by atoms with Gasteiger partial charge in [-0.15, -0.1) is 0 Å². The van der Waals surface area contributed by atoms with Crippen molar-refractivity contribution in [1.82, 2.24) is 0 Å². The van der Waals surface area contributed by atoms with E-state index in [1.54, 1.807) is 29.2 Å². The Labute approximate surface area is 158 Å². The molecule has 6 heteroatoms. The van der Waals surface area contributed by atoms with Crippen molar-refractivity contribution in [3.05, 3.63) is 82.2 Å². The van der Waals surface area contributed by atoms with Gasteiger partial charge < -0.3 is 14.6 Å². The highest BCUT2D eigenvalue weighted by Crippen LogP contribution is 2.32. The first kappa shape index (κ1) is 16.6. The summed E-state index contributed by atoms with van der Waals surface area (Å²) in [4.78, 5) is 26.6. The first-order chi connectivity index (χ1) is 12.6. The number of rotatable bonds is 3. The molecule has 0 unspecified atom stereocenters. The molecule has 1 aliphatic heterocycles. The van der Waals surface area contributed by atoms with Crippen LogP contribution in [0.2, 0.25) is 0 Å². The lowest BCUT2D eigenvalue weighted by molar-refractivity contribution is 0.0962. The largest absolute Gasteiger partial charge is 0.459 e. The normalized spacial score (nSPS) is 12.7. The van der Waals surface area contributed by atoms with Gasteiger partial charge in [-0.05, 0) is 60.5 Å². The maximum absolute atomic E-state index is 12.5. The topological polar surface area (TPSA) is 62.6 Å². The lowest BCUT2D eigenvalue weighted by Crippen LogP contribution is -2.28. The van der Waals surface area contributed by atoms with E-state index < -0.39 is 0 Å². The third-order valence-electron chi connectivity index (χ3n) is 4.30. The van der Waals surface area contributed by atoms with Crippen molar-refractivity contribution in [3.8, 4) is 0 Å². The zero-order chi connectivity index (χ0) is 18.1. The molecule has 0 saturated carbocycles. The number of nitrogens with one attached hydrogen (secondary N) is 1. The van der Waals surface area contributed by atoms with Gasteiger partial charge in [0.05, 0.1) is 6.26 Å². The van der Waals surface area contributed by atoms with E-state index in [0.29, 0.717) is 23.6 Å². The van der Waals surface area contributed by atoms with E-state index in [-0.39, 0.29) is 11.8 Å². The molecule has 0 saturated heterocycles. The highest BCUT2D eigenvalue weighted by atomic mass is 79.9. The third-order valence-corrected chi connectivity index (χ3v) is 4.79. The maximum Gasteiger partial charge on any atom is 0.293 e. The molecular formula is C20H15BrN2O3. The van der Waals surface area contributed by atoms with Gasteiger partial charge in [-0.2, -0.15) is 0 Å². The first-order valence-electron chi connectivity index (χ1n) is 8.17. The molecule has 2 aromatic carbocycles. The number of nitrogens with zero attached hydrogens (tertiary/aromatic N) is 1. The van der Waals surface area contributed by atoms with E-state index in [0.717, 1.165) is 22.1 Å². The summed E-state index contributed by atoms with van der Waals surface area (Å²) >= 11 is 3.37. The van der Waals surface area contributed by atoms with Crippen molar-refractivity contribution in [2.45, 2.75) is 6.42 Å². The van der Waals surface area contributed by atoms with E-state index in [2.05, 4.69) is 21.2 Å². The van der Waals surface area contributed by atoms with E-state index in [1.165, 1.54) is 6.26 Å². The van der Waals surface area contributed by atoms with E-state index in [9.17, 15) is 9.59 Å². The zero-order valence-electron chi connectivity index (χ0n) is 13.7. The van der Waals surface area contributed by atoms with Gasteiger partial charge in [-0.1, -0.05) is 22.0 Å². The molecule has 1 aliphatic rings. The lowest BCUT2D eigenvalue weighted by atomic mass is 10.1. The quantitative estimate of drug-likeness (QED) is 0.691. The van der Waals surface area contributed by atoms with Crippen LogP contribution >= 0.6 is 15.9 Å². The minimum atomic E-state index is -0.173. The summed E-state index contributed by atoms with van der Waals surface area (Å²) in [6, 6.07) is 16.2. The number of hydrogen-bond acceptors (Lipinski definition) is 3. The monoisotopic (exact) mass is 410 g/mol. The standard InChI is InChI=1S/C20H15BrN2O3/c21-15-4-1-3-14(11-15)19(24)22-16-6-7-17-13(12-16)8-9-23(17)20(25)18-5-2-10-26-18/h1-7,10-12H,8-9H2,(H,22,24). The van der Waals surface area contributed by atoms with Crippen molar-refractivity contribution in [1.29, 1.82) is 0 Å². The molecule has 0 spiro atoms. The second-order valence-corrected chi connectivity index (χ2v) is 6.91. The average Bonchev–Trinajstić information content (AvgIpc) is 3.31. The maximum atomic E-state index is 12.5. The van der Waals surface area contributed by atoms with Crippen LogP contribution < -0.4 is 10.2 Å². The number of amides is 2. The predicted molar refractivity (Wildman–Crippen MR) is 103 cm³/mol. The number of anilines is 2. The van der Waals surface area contributed by atoms with Crippen molar-refractivity contribution in [2.24, 2.45) is 0 Å². The third kappa shape index (κ3) is 3.15. The summed E-state index contributed by atoms with van der Waals surface area (Å²) < 4.78 is 6.06. The first-order valence-corrected chi connectivity index (χ1v) is 8.96. The van der Waals surface area contributed by atoms with Crippen LogP contribution in [0.25, 0.3) is 0 Å². The summed E-state index contributed by atoms with van der Waals surface area (Å²) in [5, 5.41) is 2.91. The summed E-state index contributed by atoms with van der Waals surface area (Å²) in [5.74, 6) is -0.00248. The number of benzene rings is 2. The van der Waals surface area contributed by atoms with Crippen LogP contribution in [0.3, 0.4) is 0 Å². The Morgan fingerprint density at radius 2 is 1.96 bits per heavy atom. The smallest absolute Gasteiger partial charge is 0.293 e. The van der Waals surface area contributed by atoms with Crippen LogP contribution in [0.15, 0.2) is 69.8 Å². The number of carbonyl (C=O) groups excluding carboxylic acids is 2. The molecular weight excluding hydrogens is 396 g/mol. The van der Waals surface area contributed by atoms with Crippen LogP contribution in [0, 0.1) is 0 Å². The van der Waals surface area contributed by atoms with Crippen LogP contribution in [0.1, 0.15) is 26.5 Å². The van der Waals surface area contributed by atoms with Crippen LogP contribution in [0.4, 0.5) is 11.4 Å². The van der Waals surface area contributed by atoms with Crippen molar-refractivity contribution in [2.75, 3.05) is 16.8 Å². The highest BCUT2D eigenvalue weighted by Gasteiger charge is 2.27. The summed E-state index contributed by atoms with van der Waals surface area (Å²) in [6.07, 6.45) is 2.23. The Kier molecular flexibility index (Phi) is 4.34. The van der Waals surface area contributed by atoms with E-state index in [1.807, 2.05) is 30.3 Å². The molecule has 0 aliphatic carbocycles. The van der Waals surface area contributed by atoms with E-state index >= 15 is 0 Å². The van der Waals surface area contributed by atoms with Crippen LogP contribution in [0.5, 0.6) is 0 Å². The number of carbonyl (C=O) groups is 2. The molecule has 2 amide bonds. The summed E-state index contributed by atoms with van der Waals surface area (Å²) in [6.45, 7) is 0.595. The number of hydrogen-bond donors (Lipinski definition) is 1. The second-order valence-electron chi connectivity index (χ2n) is 5.99. The highest BCUT2D eigenvalue weighted by molar-refractivity contribution is 9.10. The lowest BCUT2D eigenvalue weighted by Gasteiger charge is -2.16. The predicted octanol–water partition coefficient (Wildman–Crippen LogP) is 4.50. The molecule has 3 aromatic rings. The molecule has 0 atom stereocenters. The van der Waals surface area contributed by atoms with Crippen molar-refractivity contribution in [3.63, 3.8) is 0 Å². The van der Waals surface area contributed by atoms with Gasteiger partial charge in [0.1, 0.15) is 0 Å². The fourth-order valence-corrected chi connectivity index (χ4v) is 3.46. The van der Waals surface area contributed by atoms with Crippen LogP contribution in [-0.4, -0.2) is 18.4 Å². The SMILES string of the molecule is O=C(Nc1ccc2c(c1)CCN2C(=O)c1ccco1)c1cccc(Br)c1. The molecule has 0 radical (unpaired) electrons. The molecule has 130 valence electrons. The van der Waals surface area contributed by atoms with Gasteiger partial charge >= 0.3 is 0 Å². The Hall–Kier alpha value is -2.86. The van der Waals surface area contributed by atoms with Crippen LogP contribution in [-0.2, 0) is 6.42 Å². The Morgan fingerprint density at radius 3 is 2.73 bits per heavy atom. The van der Waals surface area contributed by atoms with Gasteiger partial charge in [0.2, 0.25) is 0 Å². The molecule has 0 fully saturated rings. The Balaban J connectivity index is 1.53. The molecule has 5 nitrogen and oxygen atoms in total. The molecule has 1 aromatic heterocycles. The van der Waals surface area contributed by atoms with Gasteiger partial charge in [-0.25, -0.2) is 0 Å². The minimum Gasteiger partial charge on any atom is -0.459 e. The molecule has 26 heavy (non-hydrogen) atoms. The number of furan rings is 1. The zero-order valence-corrected chi connectivity index (χ0v) is 15.3. The van der Waals surface area contributed by atoms with E-state index in [4.69, 9.17) is 4.42 Å².